The fraction of sp³-hybridized carbons (Fsp3) is 0.381. The predicted molar refractivity (Wildman–Crippen MR) is 119 cm³/mol. The summed E-state index contributed by atoms with van der Waals surface area (Å²) >= 11 is 0. The van der Waals surface area contributed by atoms with Gasteiger partial charge in [-0.2, -0.15) is 0 Å². The summed E-state index contributed by atoms with van der Waals surface area (Å²) in [5.41, 5.74) is 5.97. The number of anilines is 2. The molecule has 180 valence electrons. The van der Waals surface area contributed by atoms with Gasteiger partial charge in [-0.1, -0.05) is 0 Å². The Balaban J connectivity index is 1.64. The number of nitrogens with zero attached hydrogens (tertiary/aromatic N) is 5. The van der Waals surface area contributed by atoms with E-state index in [2.05, 4.69) is 20.3 Å². The van der Waals surface area contributed by atoms with Crippen LogP contribution in [0.2, 0.25) is 0 Å². The van der Waals surface area contributed by atoms with Crippen molar-refractivity contribution >= 4 is 28.4 Å². The number of fused-ring (bicyclic) bond motifs is 1. The largest absolute Gasteiger partial charge is 0.491 e. The van der Waals surface area contributed by atoms with Crippen molar-refractivity contribution in [1.82, 2.24) is 24.4 Å². The van der Waals surface area contributed by atoms with Crippen LogP contribution in [0.1, 0.15) is 16.8 Å². The van der Waals surface area contributed by atoms with Crippen molar-refractivity contribution in [2.45, 2.75) is 12.3 Å². The van der Waals surface area contributed by atoms with Gasteiger partial charge in [0.05, 0.1) is 30.3 Å². The molecule has 1 amide bonds. The monoisotopic (exact) mass is 475 g/mol. The number of ether oxygens (including phenoxy) is 2. The Morgan fingerprint density at radius 2 is 2.06 bits per heavy atom. The first-order chi connectivity index (χ1) is 16.2. The average Bonchev–Trinajstić information content (AvgIpc) is 3.16. The third-order valence-corrected chi connectivity index (χ3v) is 5.47. The van der Waals surface area contributed by atoms with Crippen molar-refractivity contribution in [2.75, 3.05) is 44.4 Å². The Hall–Kier alpha value is -3.87. The zero-order valence-electron chi connectivity index (χ0n) is 18.5. The molecule has 3 N–H and O–H groups in total. The van der Waals surface area contributed by atoms with Crippen LogP contribution in [-0.2, 0) is 7.05 Å². The number of halogens is 2. The van der Waals surface area contributed by atoms with Gasteiger partial charge in [-0.3, -0.25) is 24.4 Å². The van der Waals surface area contributed by atoms with E-state index in [0.717, 1.165) is 4.57 Å². The van der Waals surface area contributed by atoms with Gasteiger partial charge >= 0.3 is 0 Å². The second-order valence-corrected chi connectivity index (χ2v) is 7.83. The number of nitrogens with one attached hydrogen (secondary N) is 1. The lowest BCUT2D eigenvalue weighted by Crippen LogP contribution is -2.29. The standard InChI is InChI=1S/C21H23F2N7O4/c1-29-19(32)15-13(24)7-14(34-6-5-30-4-3-21(22,23)10-30)17(33-2)16(15)27-20(29)28-18(31)12-8-25-11-26-9-12/h7-9,11H,3-6,10,24H2,1-2H3,(H,27,28,31). The van der Waals surface area contributed by atoms with E-state index in [4.69, 9.17) is 15.2 Å². The fourth-order valence-electron chi connectivity index (χ4n) is 3.71. The molecular weight excluding hydrogens is 452 g/mol. The first-order valence-electron chi connectivity index (χ1n) is 10.4. The van der Waals surface area contributed by atoms with Crippen molar-refractivity contribution in [3.63, 3.8) is 0 Å². The van der Waals surface area contributed by atoms with Gasteiger partial charge in [0.15, 0.2) is 11.5 Å². The van der Waals surface area contributed by atoms with Crippen LogP contribution in [0.4, 0.5) is 20.4 Å². The molecule has 1 aromatic carbocycles. The number of benzene rings is 1. The Morgan fingerprint density at radius 1 is 1.32 bits per heavy atom. The molecule has 3 heterocycles. The van der Waals surface area contributed by atoms with Gasteiger partial charge in [0, 0.05) is 45.0 Å². The van der Waals surface area contributed by atoms with Crippen LogP contribution < -0.4 is 26.1 Å². The molecule has 1 aliphatic rings. The normalized spacial score (nSPS) is 15.4. The van der Waals surface area contributed by atoms with Crippen LogP contribution >= 0.6 is 0 Å². The number of alkyl halides is 2. The SMILES string of the molecule is COc1c(OCCN2CCC(F)(F)C2)cc(N)c2c(=O)n(C)c(NC(=O)c3cncnc3)nc12. The third kappa shape index (κ3) is 4.59. The van der Waals surface area contributed by atoms with Crippen molar-refractivity contribution in [3.8, 4) is 11.5 Å². The summed E-state index contributed by atoms with van der Waals surface area (Å²) in [7, 11) is 2.81. The zero-order chi connectivity index (χ0) is 24.5. The van der Waals surface area contributed by atoms with E-state index in [1.54, 1.807) is 4.90 Å². The van der Waals surface area contributed by atoms with Crippen molar-refractivity contribution < 1.29 is 23.0 Å². The van der Waals surface area contributed by atoms with Crippen LogP contribution in [0.5, 0.6) is 11.5 Å². The van der Waals surface area contributed by atoms with Crippen molar-refractivity contribution in [2.24, 2.45) is 7.05 Å². The lowest BCUT2D eigenvalue weighted by molar-refractivity contribution is 0.0112. The Morgan fingerprint density at radius 3 is 2.71 bits per heavy atom. The van der Waals surface area contributed by atoms with Gasteiger partial charge in [-0.05, 0) is 0 Å². The van der Waals surface area contributed by atoms with E-state index in [0.29, 0.717) is 0 Å². The van der Waals surface area contributed by atoms with Crippen LogP contribution in [0.25, 0.3) is 10.9 Å². The van der Waals surface area contributed by atoms with E-state index in [9.17, 15) is 18.4 Å². The van der Waals surface area contributed by atoms with Gasteiger partial charge in [-0.15, -0.1) is 0 Å². The number of nitrogens with two attached hydrogens (primary N) is 1. The van der Waals surface area contributed by atoms with Crippen LogP contribution in [0.3, 0.4) is 0 Å². The van der Waals surface area contributed by atoms with E-state index in [1.165, 1.54) is 38.9 Å². The molecule has 4 rings (SSSR count). The number of amides is 1. The first-order valence-corrected chi connectivity index (χ1v) is 10.4. The zero-order valence-corrected chi connectivity index (χ0v) is 18.5. The molecule has 0 spiro atoms. The molecule has 1 fully saturated rings. The molecular formula is C21H23F2N7O4. The van der Waals surface area contributed by atoms with E-state index in [-0.39, 0.29) is 72.3 Å². The molecule has 0 unspecified atom stereocenters. The van der Waals surface area contributed by atoms with E-state index >= 15 is 0 Å². The summed E-state index contributed by atoms with van der Waals surface area (Å²) in [5, 5.41) is 2.65. The summed E-state index contributed by atoms with van der Waals surface area (Å²) in [6.45, 7) is 0.335. The quantitative estimate of drug-likeness (QED) is 0.484. The van der Waals surface area contributed by atoms with Gasteiger partial charge in [0.1, 0.15) is 18.5 Å². The first kappa shape index (κ1) is 23.3. The van der Waals surface area contributed by atoms with Crippen molar-refractivity contribution in [1.29, 1.82) is 0 Å². The van der Waals surface area contributed by atoms with Crippen molar-refractivity contribution in [3.05, 3.63) is 40.7 Å². The molecule has 3 aromatic rings. The van der Waals surface area contributed by atoms with E-state index < -0.39 is 17.4 Å². The Labute approximate surface area is 192 Å². The minimum absolute atomic E-state index is 0.0551. The number of likely N-dealkylation sites (tertiary alicyclic amines) is 1. The number of aromatic nitrogens is 4. The highest BCUT2D eigenvalue weighted by Gasteiger charge is 2.37. The summed E-state index contributed by atoms with van der Waals surface area (Å²) in [6, 6.07) is 1.43. The second kappa shape index (κ2) is 9.17. The highest BCUT2D eigenvalue weighted by Crippen LogP contribution is 2.37. The molecule has 0 saturated carbocycles. The highest BCUT2D eigenvalue weighted by molar-refractivity contribution is 6.04. The lowest BCUT2D eigenvalue weighted by Gasteiger charge is -2.18. The molecule has 34 heavy (non-hydrogen) atoms. The predicted octanol–water partition coefficient (Wildman–Crippen LogP) is 1.29. The minimum Gasteiger partial charge on any atom is -0.491 e. The Bertz CT molecular complexity index is 1280. The maximum absolute atomic E-state index is 13.4. The molecule has 0 radical (unpaired) electrons. The lowest BCUT2D eigenvalue weighted by atomic mass is 10.1. The van der Waals surface area contributed by atoms with Gasteiger partial charge in [0.2, 0.25) is 5.95 Å². The van der Waals surface area contributed by atoms with E-state index in [1.807, 2.05) is 0 Å². The summed E-state index contributed by atoms with van der Waals surface area (Å²) in [5.74, 6) is -2.98. The van der Waals surface area contributed by atoms with Crippen LogP contribution in [0, 0.1) is 0 Å². The molecule has 2 aromatic heterocycles. The van der Waals surface area contributed by atoms with Gasteiger partial charge in [0.25, 0.3) is 17.4 Å². The van der Waals surface area contributed by atoms with Crippen LogP contribution in [-0.4, -0.2) is 69.6 Å². The molecule has 11 nitrogen and oxygen atoms in total. The molecule has 0 aliphatic carbocycles. The highest BCUT2D eigenvalue weighted by atomic mass is 19.3. The number of carbonyl (C=O) groups is 1. The Kier molecular flexibility index (Phi) is 6.28. The fourth-order valence-corrected chi connectivity index (χ4v) is 3.71. The number of nitrogen functional groups attached to an aromatic ring is 1. The summed E-state index contributed by atoms with van der Waals surface area (Å²) in [6.07, 6.45) is 3.74. The summed E-state index contributed by atoms with van der Waals surface area (Å²) < 4.78 is 39.2. The van der Waals surface area contributed by atoms with Crippen LogP contribution in [0.15, 0.2) is 29.6 Å². The molecule has 1 aliphatic heterocycles. The number of rotatable bonds is 7. The number of hydrogen-bond donors (Lipinski definition) is 2. The topological polar surface area (TPSA) is 137 Å². The molecule has 13 heteroatoms. The average molecular weight is 475 g/mol. The van der Waals surface area contributed by atoms with Gasteiger partial charge in [-0.25, -0.2) is 23.7 Å². The maximum Gasteiger partial charge on any atom is 0.264 e. The van der Waals surface area contributed by atoms with Gasteiger partial charge < -0.3 is 15.2 Å². The molecule has 0 bridgehead atoms. The maximum atomic E-state index is 13.4. The number of carbonyl (C=O) groups excluding carboxylic acids is 1. The third-order valence-electron chi connectivity index (χ3n) is 5.47. The summed E-state index contributed by atoms with van der Waals surface area (Å²) in [4.78, 5) is 39.1. The smallest absolute Gasteiger partial charge is 0.264 e. The molecule has 1 saturated heterocycles. The minimum atomic E-state index is -2.69. The number of methoxy groups -OCH3 is 1. The number of hydrogen-bond acceptors (Lipinski definition) is 9. The second-order valence-electron chi connectivity index (χ2n) is 7.83. The molecule has 0 atom stereocenters.